The number of amides is 1. The van der Waals surface area contributed by atoms with Gasteiger partial charge in [-0.3, -0.25) is 14.2 Å². The molecule has 7 heteroatoms. The van der Waals surface area contributed by atoms with Gasteiger partial charge in [0, 0.05) is 6.04 Å². The van der Waals surface area contributed by atoms with E-state index in [1.807, 2.05) is 59.2 Å². The van der Waals surface area contributed by atoms with E-state index >= 15 is 0 Å². The number of hydrogen-bond donors (Lipinski definition) is 1. The average molecular weight is 424 g/mol. The first-order valence-corrected chi connectivity index (χ1v) is 11.3. The quantitative estimate of drug-likeness (QED) is 0.339. The van der Waals surface area contributed by atoms with Crippen molar-refractivity contribution in [2.75, 3.05) is 18.9 Å². The van der Waals surface area contributed by atoms with Crippen LogP contribution in [0.1, 0.15) is 31.7 Å². The molecule has 0 atom stereocenters. The van der Waals surface area contributed by atoms with E-state index in [0.29, 0.717) is 29.2 Å². The summed E-state index contributed by atoms with van der Waals surface area (Å²) in [7, 11) is 0. The van der Waals surface area contributed by atoms with Crippen molar-refractivity contribution in [3.8, 4) is 5.75 Å². The largest absolute Gasteiger partial charge is 0.492 e. The fourth-order valence-electron chi connectivity index (χ4n) is 3.77. The minimum Gasteiger partial charge on any atom is -0.492 e. The monoisotopic (exact) mass is 423 g/mol. The van der Waals surface area contributed by atoms with Crippen LogP contribution in [0.5, 0.6) is 5.75 Å². The standard InChI is InChI=1S/C23H25N3O3S/c27-21(24-14-15-29-18-10-2-1-3-11-18)16-30-23-25-20-13-7-6-12-19(20)22(28)26(23)17-8-4-5-9-17/h1-3,6-7,10-13,17H,4-5,8-9,14-16H2,(H,24,27). The van der Waals surface area contributed by atoms with Crippen molar-refractivity contribution in [2.45, 2.75) is 36.9 Å². The van der Waals surface area contributed by atoms with Crippen molar-refractivity contribution < 1.29 is 9.53 Å². The van der Waals surface area contributed by atoms with Gasteiger partial charge in [0.2, 0.25) is 5.91 Å². The van der Waals surface area contributed by atoms with Crippen LogP contribution in [0.2, 0.25) is 0 Å². The number of carbonyl (C=O) groups is 1. The molecule has 156 valence electrons. The molecule has 2 aromatic carbocycles. The van der Waals surface area contributed by atoms with Crippen LogP contribution in [0.15, 0.2) is 64.5 Å². The van der Waals surface area contributed by atoms with E-state index < -0.39 is 0 Å². The number of aromatic nitrogens is 2. The Morgan fingerprint density at radius 1 is 1.10 bits per heavy atom. The summed E-state index contributed by atoms with van der Waals surface area (Å²) in [5.74, 6) is 0.891. The Morgan fingerprint density at radius 3 is 2.63 bits per heavy atom. The molecule has 0 radical (unpaired) electrons. The number of ether oxygens (including phenoxy) is 1. The van der Waals surface area contributed by atoms with Gasteiger partial charge in [-0.05, 0) is 37.1 Å². The van der Waals surface area contributed by atoms with Crippen LogP contribution in [-0.4, -0.2) is 34.4 Å². The second kappa shape index (κ2) is 9.80. The van der Waals surface area contributed by atoms with Gasteiger partial charge >= 0.3 is 0 Å². The number of hydrogen-bond acceptors (Lipinski definition) is 5. The van der Waals surface area contributed by atoms with Crippen LogP contribution < -0.4 is 15.6 Å². The fourth-order valence-corrected chi connectivity index (χ4v) is 4.67. The molecule has 1 aromatic heterocycles. The van der Waals surface area contributed by atoms with E-state index in [1.54, 1.807) is 0 Å². The van der Waals surface area contributed by atoms with Crippen LogP contribution in [-0.2, 0) is 4.79 Å². The van der Waals surface area contributed by atoms with Crippen molar-refractivity contribution in [2.24, 2.45) is 0 Å². The lowest BCUT2D eigenvalue weighted by Gasteiger charge is -2.18. The van der Waals surface area contributed by atoms with Crippen LogP contribution in [0.3, 0.4) is 0 Å². The molecule has 0 unspecified atom stereocenters. The predicted molar refractivity (Wildman–Crippen MR) is 119 cm³/mol. The molecule has 1 amide bonds. The van der Waals surface area contributed by atoms with Gasteiger partial charge in [0.1, 0.15) is 12.4 Å². The Hall–Kier alpha value is -2.80. The van der Waals surface area contributed by atoms with Gasteiger partial charge in [0.05, 0.1) is 23.2 Å². The minimum atomic E-state index is -0.1000. The molecule has 6 nitrogen and oxygen atoms in total. The zero-order chi connectivity index (χ0) is 20.8. The number of rotatable bonds is 8. The zero-order valence-electron chi connectivity index (χ0n) is 16.8. The van der Waals surface area contributed by atoms with E-state index in [4.69, 9.17) is 9.72 Å². The molecule has 1 saturated carbocycles. The lowest BCUT2D eigenvalue weighted by atomic mass is 10.2. The number of benzene rings is 2. The summed E-state index contributed by atoms with van der Waals surface area (Å²) >= 11 is 1.32. The fraction of sp³-hybridized carbons (Fsp3) is 0.348. The number of carbonyl (C=O) groups excluding carboxylic acids is 1. The van der Waals surface area contributed by atoms with Crippen molar-refractivity contribution in [3.05, 3.63) is 65.0 Å². The molecule has 0 saturated heterocycles. The molecule has 1 aliphatic rings. The van der Waals surface area contributed by atoms with Crippen LogP contribution in [0.4, 0.5) is 0 Å². The van der Waals surface area contributed by atoms with Gasteiger partial charge in [-0.25, -0.2) is 4.98 Å². The van der Waals surface area contributed by atoms with Gasteiger partial charge in [-0.1, -0.05) is 54.9 Å². The second-order valence-corrected chi connectivity index (χ2v) is 8.27. The van der Waals surface area contributed by atoms with Gasteiger partial charge < -0.3 is 10.1 Å². The third-order valence-corrected chi connectivity index (χ3v) is 6.19. The summed E-state index contributed by atoms with van der Waals surface area (Å²) < 4.78 is 7.40. The molecule has 0 spiro atoms. The maximum Gasteiger partial charge on any atom is 0.262 e. The molecule has 1 aliphatic carbocycles. The summed E-state index contributed by atoms with van der Waals surface area (Å²) in [6, 6.07) is 17.1. The molecule has 0 aliphatic heterocycles. The number of nitrogens with zero attached hydrogens (tertiary/aromatic N) is 2. The first-order valence-electron chi connectivity index (χ1n) is 10.3. The molecule has 0 bridgehead atoms. The van der Waals surface area contributed by atoms with E-state index in [-0.39, 0.29) is 23.3 Å². The first-order chi connectivity index (χ1) is 14.7. The molecule has 1 N–H and O–H groups in total. The van der Waals surface area contributed by atoms with E-state index in [2.05, 4.69) is 5.32 Å². The van der Waals surface area contributed by atoms with Gasteiger partial charge in [-0.15, -0.1) is 0 Å². The Balaban J connectivity index is 1.39. The van der Waals surface area contributed by atoms with Crippen LogP contribution >= 0.6 is 11.8 Å². The molecule has 1 fully saturated rings. The first kappa shape index (κ1) is 20.5. The van der Waals surface area contributed by atoms with Crippen LogP contribution in [0.25, 0.3) is 10.9 Å². The Morgan fingerprint density at radius 2 is 1.83 bits per heavy atom. The number of fused-ring (bicyclic) bond motifs is 1. The third kappa shape index (κ3) is 4.84. The predicted octanol–water partition coefficient (Wildman–Crippen LogP) is 3.80. The molecule has 3 aromatic rings. The third-order valence-electron chi connectivity index (χ3n) is 5.23. The van der Waals surface area contributed by atoms with Gasteiger partial charge in [0.25, 0.3) is 5.56 Å². The van der Waals surface area contributed by atoms with Crippen molar-refractivity contribution in [1.82, 2.24) is 14.9 Å². The molecular weight excluding hydrogens is 398 g/mol. The topological polar surface area (TPSA) is 73.2 Å². The van der Waals surface area contributed by atoms with Gasteiger partial charge in [0.15, 0.2) is 5.16 Å². The number of thioether (sulfide) groups is 1. The summed E-state index contributed by atoms with van der Waals surface area (Å²) in [6.45, 7) is 0.830. The normalized spacial score (nSPS) is 14.1. The van der Waals surface area contributed by atoms with E-state index in [0.717, 1.165) is 31.4 Å². The molecule has 30 heavy (non-hydrogen) atoms. The SMILES string of the molecule is O=C(CSc1nc2ccccc2c(=O)n1C1CCCC1)NCCOc1ccccc1. The van der Waals surface area contributed by atoms with E-state index in [1.165, 1.54) is 11.8 Å². The average Bonchev–Trinajstić information content (AvgIpc) is 3.30. The maximum absolute atomic E-state index is 13.1. The van der Waals surface area contributed by atoms with Crippen molar-refractivity contribution in [1.29, 1.82) is 0 Å². The number of nitrogens with one attached hydrogen (secondary N) is 1. The highest BCUT2D eigenvalue weighted by Crippen LogP contribution is 2.32. The zero-order valence-corrected chi connectivity index (χ0v) is 17.6. The molecule has 1 heterocycles. The maximum atomic E-state index is 13.1. The summed E-state index contributed by atoms with van der Waals surface area (Å²) in [4.78, 5) is 30.1. The van der Waals surface area contributed by atoms with Crippen molar-refractivity contribution >= 4 is 28.6 Å². The van der Waals surface area contributed by atoms with E-state index in [9.17, 15) is 9.59 Å². The Kier molecular flexibility index (Phi) is 6.69. The molecule has 4 rings (SSSR count). The van der Waals surface area contributed by atoms with Gasteiger partial charge in [-0.2, -0.15) is 0 Å². The summed E-state index contributed by atoms with van der Waals surface area (Å²) in [5, 5.41) is 4.13. The molecular formula is C23H25N3O3S. The smallest absolute Gasteiger partial charge is 0.262 e. The summed E-state index contributed by atoms with van der Waals surface area (Å²) in [6.07, 6.45) is 4.21. The lowest BCUT2D eigenvalue weighted by Crippen LogP contribution is -2.30. The lowest BCUT2D eigenvalue weighted by molar-refractivity contribution is -0.118. The summed E-state index contributed by atoms with van der Waals surface area (Å²) in [5.41, 5.74) is 0.669. The minimum absolute atomic E-state index is 0.00771. The van der Waals surface area contributed by atoms with Crippen LogP contribution in [0, 0.1) is 0 Å². The number of para-hydroxylation sites is 2. The highest BCUT2D eigenvalue weighted by Gasteiger charge is 2.23. The highest BCUT2D eigenvalue weighted by molar-refractivity contribution is 7.99. The van der Waals surface area contributed by atoms with Crippen molar-refractivity contribution in [3.63, 3.8) is 0 Å². The second-order valence-electron chi connectivity index (χ2n) is 7.33. The Labute approximate surface area is 179 Å². The Bertz CT molecular complexity index is 1060. The highest BCUT2D eigenvalue weighted by atomic mass is 32.2.